The van der Waals surface area contributed by atoms with Crippen LogP contribution in [-0.4, -0.2) is 18.7 Å². The molecule has 0 spiro atoms. The summed E-state index contributed by atoms with van der Waals surface area (Å²) in [6, 6.07) is 6.66. The van der Waals surface area contributed by atoms with Gasteiger partial charge in [-0.2, -0.15) is 0 Å². The van der Waals surface area contributed by atoms with Crippen molar-refractivity contribution in [3.05, 3.63) is 34.3 Å². The molecule has 2 nitrogen and oxygen atoms in total. The lowest BCUT2D eigenvalue weighted by molar-refractivity contribution is -0.0173. The molecule has 0 radical (unpaired) electrons. The van der Waals surface area contributed by atoms with Crippen molar-refractivity contribution < 1.29 is 4.74 Å². The van der Waals surface area contributed by atoms with Gasteiger partial charge in [0, 0.05) is 17.0 Å². The molecule has 1 unspecified atom stereocenters. The van der Waals surface area contributed by atoms with E-state index in [1.54, 1.807) is 0 Å². The van der Waals surface area contributed by atoms with E-state index in [-0.39, 0.29) is 0 Å². The summed E-state index contributed by atoms with van der Waals surface area (Å²) in [6.45, 7) is 3.96. The molecule has 2 aliphatic heterocycles. The van der Waals surface area contributed by atoms with Gasteiger partial charge in [-0.05, 0) is 37.1 Å². The Morgan fingerprint density at radius 3 is 3.19 bits per heavy atom. The number of rotatable bonds is 0. The average Bonchev–Trinajstić information content (AvgIpc) is 2.29. The molecule has 3 heteroatoms. The first-order valence-electron chi connectivity index (χ1n) is 5.89. The summed E-state index contributed by atoms with van der Waals surface area (Å²) >= 11 is 6.22. The molecule has 3 atom stereocenters. The number of fused-ring (bicyclic) bond motifs is 3. The van der Waals surface area contributed by atoms with E-state index in [1.807, 2.05) is 12.1 Å². The Kier molecular flexibility index (Phi) is 2.66. The number of hydrogen-bond donors (Lipinski definition) is 1. The van der Waals surface area contributed by atoms with Crippen molar-refractivity contribution in [2.75, 3.05) is 6.54 Å². The zero-order valence-corrected chi connectivity index (χ0v) is 10.1. The van der Waals surface area contributed by atoms with Crippen LogP contribution in [0.3, 0.4) is 0 Å². The van der Waals surface area contributed by atoms with Gasteiger partial charge in [-0.3, -0.25) is 0 Å². The summed E-state index contributed by atoms with van der Waals surface area (Å²) in [6.07, 6.45) is 1.46. The van der Waals surface area contributed by atoms with Crippen LogP contribution in [0.5, 0.6) is 0 Å². The van der Waals surface area contributed by atoms with Gasteiger partial charge in [0.1, 0.15) is 0 Å². The van der Waals surface area contributed by atoms with Crippen LogP contribution in [0.2, 0.25) is 5.02 Å². The van der Waals surface area contributed by atoms with Crippen LogP contribution in [-0.2, 0) is 11.3 Å². The number of halogens is 1. The van der Waals surface area contributed by atoms with Crippen LogP contribution in [0.15, 0.2) is 18.2 Å². The Hall–Kier alpha value is -0.570. The average molecular weight is 238 g/mol. The van der Waals surface area contributed by atoms with Crippen molar-refractivity contribution in [3.63, 3.8) is 0 Å². The van der Waals surface area contributed by atoms with Crippen LogP contribution in [0.4, 0.5) is 0 Å². The summed E-state index contributed by atoms with van der Waals surface area (Å²) < 4.78 is 5.94. The van der Waals surface area contributed by atoms with Crippen LogP contribution in [0.1, 0.15) is 30.4 Å². The van der Waals surface area contributed by atoms with Crippen molar-refractivity contribution in [2.24, 2.45) is 0 Å². The Labute approximate surface area is 101 Å². The molecule has 1 N–H and O–H groups in total. The maximum absolute atomic E-state index is 6.22. The number of benzene rings is 1. The van der Waals surface area contributed by atoms with Gasteiger partial charge in [-0.1, -0.05) is 23.7 Å². The fourth-order valence-corrected chi connectivity index (χ4v) is 3.21. The van der Waals surface area contributed by atoms with Crippen molar-refractivity contribution in [1.82, 2.24) is 5.32 Å². The van der Waals surface area contributed by atoms with E-state index >= 15 is 0 Å². The second-order valence-electron chi connectivity index (χ2n) is 4.71. The molecule has 1 aromatic rings. The smallest absolute Gasteiger partial charge is 0.0738 e. The fourth-order valence-electron chi connectivity index (χ4n) is 2.97. The first-order chi connectivity index (χ1) is 7.77. The third-order valence-corrected chi connectivity index (χ3v) is 4.14. The molecule has 2 aliphatic rings. The summed E-state index contributed by atoms with van der Waals surface area (Å²) in [5.74, 6) is 0.455. The van der Waals surface area contributed by atoms with Gasteiger partial charge in [0.2, 0.25) is 0 Å². The summed E-state index contributed by atoms with van der Waals surface area (Å²) in [5, 5.41) is 4.36. The molecular formula is C13H16ClNO. The minimum Gasteiger partial charge on any atom is -0.373 e. The highest BCUT2D eigenvalue weighted by atomic mass is 35.5. The SMILES string of the molecule is C[C@@H]1NCCC2OCc3c(Cl)cccc3[C@@H]21. The zero-order valence-electron chi connectivity index (χ0n) is 9.37. The third kappa shape index (κ3) is 1.56. The Bertz CT molecular complexity index is 407. The number of piperidine rings is 1. The van der Waals surface area contributed by atoms with E-state index in [4.69, 9.17) is 16.3 Å². The number of hydrogen-bond acceptors (Lipinski definition) is 2. The van der Waals surface area contributed by atoms with E-state index in [2.05, 4.69) is 18.3 Å². The van der Waals surface area contributed by atoms with Crippen molar-refractivity contribution >= 4 is 11.6 Å². The van der Waals surface area contributed by atoms with Gasteiger partial charge >= 0.3 is 0 Å². The monoisotopic (exact) mass is 237 g/mol. The maximum Gasteiger partial charge on any atom is 0.0738 e. The van der Waals surface area contributed by atoms with Crippen molar-refractivity contribution in [3.8, 4) is 0 Å². The third-order valence-electron chi connectivity index (χ3n) is 3.79. The quantitative estimate of drug-likeness (QED) is 0.749. The Morgan fingerprint density at radius 1 is 1.44 bits per heavy atom. The topological polar surface area (TPSA) is 21.3 Å². The van der Waals surface area contributed by atoms with Gasteiger partial charge in [0.15, 0.2) is 0 Å². The molecule has 0 bridgehead atoms. The molecule has 1 aromatic carbocycles. The molecule has 0 saturated carbocycles. The van der Waals surface area contributed by atoms with Crippen LogP contribution in [0, 0.1) is 0 Å². The van der Waals surface area contributed by atoms with E-state index < -0.39 is 0 Å². The van der Waals surface area contributed by atoms with E-state index in [0.29, 0.717) is 24.7 Å². The summed E-state index contributed by atoms with van der Waals surface area (Å²) in [4.78, 5) is 0. The van der Waals surface area contributed by atoms with E-state index in [9.17, 15) is 0 Å². The number of nitrogens with one attached hydrogen (secondary N) is 1. The summed E-state index contributed by atoms with van der Waals surface area (Å²) in [7, 11) is 0. The second-order valence-corrected chi connectivity index (χ2v) is 5.12. The predicted molar refractivity (Wildman–Crippen MR) is 64.9 cm³/mol. The second kappa shape index (κ2) is 4.02. The lowest BCUT2D eigenvalue weighted by atomic mass is 9.79. The standard InChI is InChI=1S/C13H16ClNO/c1-8-13-9-3-2-4-11(14)10(9)7-16-12(13)5-6-15-8/h2-4,8,12-13,15H,5-7H2,1H3/t8-,12?,13-/m0/s1. The van der Waals surface area contributed by atoms with Crippen LogP contribution >= 0.6 is 11.6 Å². The van der Waals surface area contributed by atoms with Crippen LogP contribution in [0.25, 0.3) is 0 Å². The Morgan fingerprint density at radius 2 is 2.31 bits per heavy atom. The molecule has 0 aromatic heterocycles. The molecule has 1 fully saturated rings. The maximum atomic E-state index is 6.22. The van der Waals surface area contributed by atoms with Crippen molar-refractivity contribution in [1.29, 1.82) is 0 Å². The zero-order chi connectivity index (χ0) is 11.1. The van der Waals surface area contributed by atoms with Gasteiger partial charge in [0.25, 0.3) is 0 Å². The molecule has 2 heterocycles. The minimum atomic E-state index is 0.363. The molecule has 0 amide bonds. The molecule has 86 valence electrons. The lowest BCUT2D eigenvalue weighted by Gasteiger charge is -2.41. The van der Waals surface area contributed by atoms with E-state index in [1.165, 1.54) is 11.1 Å². The molecule has 0 aliphatic carbocycles. The highest BCUT2D eigenvalue weighted by Crippen LogP contribution is 2.39. The molecule has 16 heavy (non-hydrogen) atoms. The largest absolute Gasteiger partial charge is 0.373 e. The van der Waals surface area contributed by atoms with Gasteiger partial charge < -0.3 is 10.1 Å². The molecule has 3 rings (SSSR count). The van der Waals surface area contributed by atoms with E-state index in [0.717, 1.165) is 18.0 Å². The highest BCUT2D eigenvalue weighted by Gasteiger charge is 2.37. The normalized spacial score (nSPS) is 33.0. The number of ether oxygens (including phenoxy) is 1. The van der Waals surface area contributed by atoms with Gasteiger partial charge in [0.05, 0.1) is 12.7 Å². The lowest BCUT2D eigenvalue weighted by Crippen LogP contribution is -2.48. The molecule has 1 saturated heterocycles. The Balaban J connectivity index is 2.06. The first-order valence-corrected chi connectivity index (χ1v) is 6.27. The fraction of sp³-hybridized carbons (Fsp3) is 0.538. The minimum absolute atomic E-state index is 0.363. The van der Waals surface area contributed by atoms with Crippen molar-refractivity contribution in [2.45, 2.75) is 38.0 Å². The molecular weight excluding hydrogens is 222 g/mol. The summed E-state index contributed by atoms with van der Waals surface area (Å²) in [5.41, 5.74) is 2.56. The van der Waals surface area contributed by atoms with Gasteiger partial charge in [-0.25, -0.2) is 0 Å². The van der Waals surface area contributed by atoms with Crippen LogP contribution < -0.4 is 5.32 Å². The predicted octanol–water partition coefficient (Wildman–Crippen LogP) is 2.70. The van der Waals surface area contributed by atoms with Gasteiger partial charge in [-0.15, -0.1) is 0 Å². The first kappa shape index (κ1) is 10.6. The highest BCUT2D eigenvalue weighted by molar-refractivity contribution is 6.31.